The minimum Gasteiger partial charge on any atom is -0.399 e. The highest BCUT2D eigenvalue weighted by Crippen LogP contribution is 2.37. The standard InChI is InChI=1S/C12H8Br2Cl2N2O2S/c13-7-2-1-6(17)5-10(7)21(19,20)18-9-4-3-8(14)11(15)12(9)16/h1-5,18H,17H2. The van der Waals surface area contributed by atoms with Gasteiger partial charge < -0.3 is 5.73 Å². The Morgan fingerprint density at radius 1 is 1.00 bits per heavy atom. The zero-order valence-corrected chi connectivity index (χ0v) is 15.7. The van der Waals surface area contributed by atoms with Crippen molar-refractivity contribution in [3.05, 3.63) is 49.3 Å². The Bertz CT molecular complexity index is 813. The fourth-order valence-corrected chi connectivity index (χ4v) is 4.48. The molecule has 0 spiro atoms. The molecule has 0 saturated heterocycles. The lowest BCUT2D eigenvalue weighted by atomic mass is 10.3. The zero-order chi connectivity index (χ0) is 15.8. The molecule has 0 aliphatic carbocycles. The van der Waals surface area contributed by atoms with Gasteiger partial charge in [-0.1, -0.05) is 23.2 Å². The van der Waals surface area contributed by atoms with E-state index in [1.807, 2.05) is 0 Å². The number of anilines is 2. The van der Waals surface area contributed by atoms with E-state index >= 15 is 0 Å². The molecule has 0 radical (unpaired) electrons. The third kappa shape index (κ3) is 3.65. The summed E-state index contributed by atoms with van der Waals surface area (Å²) >= 11 is 18.4. The monoisotopic (exact) mass is 472 g/mol. The summed E-state index contributed by atoms with van der Waals surface area (Å²) < 4.78 is 28.2. The molecule has 0 aliphatic rings. The second kappa shape index (κ2) is 6.34. The number of hydrogen-bond donors (Lipinski definition) is 2. The largest absolute Gasteiger partial charge is 0.399 e. The molecule has 0 aromatic heterocycles. The van der Waals surface area contributed by atoms with Gasteiger partial charge in [-0.3, -0.25) is 4.72 Å². The van der Waals surface area contributed by atoms with Crippen molar-refractivity contribution in [2.24, 2.45) is 0 Å². The van der Waals surface area contributed by atoms with Crippen molar-refractivity contribution in [2.45, 2.75) is 4.90 Å². The summed E-state index contributed by atoms with van der Waals surface area (Å²) in [6.07, 6.45) is 0. The molecule has 2 aromatic carbocycles. The minimum atomic E-state index is -3.85. The second-order valence-electron chi connectivity index (χ2n) is 4.02. The highest BCUT2D eigenvalue weighted by Gasteiger charge is 2.20. The van der Waals surface area contributed by atoms with E-state index in [2.05, 4.69) is 36.6 Å². The molecule has 0 bridgehead atoms. The maximum absolute atomic E-state index is 12.4. The highest BCUT2D eigenvalue weighted by atomic mass is 79.9. The van der Waals surface area contributed by atoms with E-state index in [-0.39, 0.29) is 20.6 Å². The van der Waals surface area contributed by atoms with Crippen LogP contribution < -0.4 is 10.5 Å². The maximum atomic E-state index is 12.4. The predicted octanol–water partition coefficient (Wildman–Crippen LogP) is 4.90. The molecule has 2 rings (SSSR count). The van der Waals surface area contributed by atoms with E-state index in [1.165, 1.54) is 12.1 Å². The molecule has 0 atom stereocenters. The third-order valence-corrected chi connectivity index (χ3v) is 6.65. The van der Waals surface area contributed by atoms with Crippen LogP contribution in [0.3, 0.4) is 0 Å². The van der Waals surface area contributed by atoms with Crippen molar-refractivity contribution in [1.82, 2.24) is 0 Å². The van der Waals surface area contributed by atoms with Crippen molar-refractivity contribution in [3.8, 4) is 0 Å². The van der Waals surface area contributed by atoms with Crippen molar-refractivity contribution >= 4 is 76.5 Å². The first-order valence-electron chi connectivity index (χ1n) is 5.43. The summed E-state index contributed by atoms with van der Waals surface area (Å²) in [5.74, 6) is 0. The van der Waals surface area contributed by atoms with Crippen LogP contribution in [0.2, 0.25) is 10.0 Å². The third-order valence-electron chi connectivity index (χ3n) is 2.52. The second-order valence-corrected chi connectivity index (χ2v) is 8.13. The van der Waals surface area contributed by atoms with E-state index in [0.29, 0.717) is 14.6 Å². The van der Waals surface area contributed by atoms with Crippen molar-refractivity contribution in [2.75, 3.05) is 10.5 Å². The van der Waals surface area contributed by atoms with Crippen LogP contribution in [-0.2, 0) is 10.0 Å². The Labute approximate surface area is 148 Å². The fraction of sp³-hybridized carbons (Fsp3) is 0. The van der Waals surface area contributed by atoms with Gasteiger partial charge in [0.25, 0.3) is 10.0 Å². The predicted molar refractivity (Wildman–Crippen MR) is 93.5 cm³/mol. The van der Waals surface area contributed by atoms with Gasteiger partial charge in [0.15, 0.2) is 0 Å². The highest BCUT2D eigenvalue weighted by molar-refractivity contribution is 9.10. The lowest BCUT2D eigenvalue weighted by Crippen LogP contribution is -2.14. The summed E-state index contributed by atoms with van der Waals surface area (Å²) in [6.45, 7) is 0. The van der Waals surface area contributed by atoms with Crippen molar-refractivity contribution in [1.29, 1.82) is 0 Å². The summed E-state index contributed by atoms with van der Waals surface area (Å²) in [7, 11) is -3.85. The van der Waals surface area contributed by atoms with Crippen LogP contribution in [0.1, 0.15) is 0 Å². The van der Waals surface area contributed by atoms with Crippen molar-refractivity contribution in [3.63, 3.8) is 0 Å². The van der Waals surface area contributed by atoms with Crippen molar-refractivity contribution < 1.29 is 8.42 Å². The van der Waals surface area contributed by atoms with Crippen LogP contribution in [-0.4, -0.2) is 8.42 Å². The molecular weight excluding hydrogens is 467 g/mol. The van der Waals surface area contributed by atoms with Crippen LogP contribution in [0.5, 0.6) is 0 Å². The van der Waals surface area contributed by atoms with E-state index < -0.39 is 10.0 Å². The molecule has 2 aromatic rings. The van der Waals surface area contributed by atoms with Gasteiger partial charge in [-0.2, -0.15) is 0 Å². The van der Waals surface area contributed by atoms with E-state index in [0.717, 1.165) is 0 Å². The molecule has 21 heavy (non-hydrogen) atoms. The van der Waals surface area contributed by atoms with Crippen LogP contribution >= 0.6 is 55.1 Å². The average molecular weight is 475 g/mol. The number of nitrogens with two attached hydrogens (primary N) is 1. The Kier molecular flexibility index (Phi) is 5.10. The minimum absolute atomic E-state index is 0.0117. The Balaban J connectivity index is 2.47. The number of nitrogens with one attached hydrogen (secondary N) is 1. The van der Waals surface area contributed by atoms with Gasteiger partial charge in [-0.25, -0.2) is 8.42 Å². The lowest BCUT2D eigenvalue weighted by Gasteiger charge is -2.12. The average Bonchev–Trinajstić information content (AvgIpc) is 2.42. The fourth-order valence-electron chi connectivity index (χ4n) is 1.53. The number of rotatable bonds is 3. The topological polar surface area (TPSA) is 72.2 Å². The summed E-state index contributed by atoms with van der Waals surface area (Å²) in [5.41, 5.74) is 6.14. The number of benzene rings is 2. The number of sulfonamides is 1. The molecule has 0 heterocycles. The summed E-state index contributed by atoms with van der Waals surface area (Å²) in [5, 5.41) is 0.332. The molecule has 0 saturated carbocycles. The quantitative estimate of drug-likeness (QED) is 0.491. The van der Waals surface area contributed by atoms with Gasteiger partial charge >= 0.3 is 0 Å². The van der Waals surface area contributed by atoms with E-state index in [1.54, 1.807) is 18.2 Å². The van der Waals surface area contributed by atoms with Gasteiger partial charge in [0.2, 0.25) is 0 Å². The molecule has 0 unspecified atom stereocenters. The van der Waals surface area contributed by atoms with E-state index in [9.17, 15) is 8.42 Å². The van der Waals surface area contributed by atoms with Gasteiger partial charge in [0, 0.05) is 14.6 Å². The first-order valence-corrected chi connectivity index (χ1v) is 9.26. The first kappa shape index (κ1) is 16.9. The van der Waals surface area contributed by atoms with E-state index in [4.69, 9.17) is 28.9 Å². The molecule has 112 valence electrons. The smallest absolute Gasteiger partial charge is 0.263 e. The van der Waals surface area contributed by atoms with Crippen LogP contribution in [0.4, 0.5) is 11.4 Å². The van der Waals surface area contributed by atoms with Crippen LogP contribution in [0.25, 0.3) is 0 Å². The Morgan fingerprint density at radius 3 is 2.29 bits per heavy atom. The molecular formula is C12H8Br2Cl2N2O2S. The van der Waals surface area contributed by atoms with Gasteiger partial charge in [-0.05, 0) is 62.2 Å². The number of nitrogen functional groups attached to an aromatic ring is 1. The molecule has 0 amide bonds. The Hall–Kier alpha value is -0.470. The molecule has 0 fully saturated rings. The zero-order valence-electron chi connectivity index (χ0n) is 10.2. The molecule has 0 aliphatic heterocycles. The van der Waals surface area contributed by atoms with Gasteiger partial charge in [0.05, 0.1) is 15.7 Å². The van der Waals surface area contributed by atoms with Crippen LogP contribution in [0, 0.1) is 0 Å². The van der Waals surface area contributed by atoms with Crippen LogP contribution in [0.15, 0.2) is 44.2 Å². The molecule has 4 nitrogen and oxygen atoms in total. The lowest BCUT2D eigenvalue weighted by molar-refractivity contribution is 0.601. The summed E-state index contributed by atoms with van der Waals surface area (Å²) in [6, 6.07) is 7.60. The Morgan fingerprint density at radius 2 is 1.62 bits per heavy atom. The summed E-state index contributed by atoms with van der Waals surface area (Å²) in [4.78, 5) is 0.0117. The molecule has 3 N–H and O–H groups in total. The maximum Gasteiger partial charge on any atom is 0.263 e. The number of halogens is 4. The molecule has 9 heteroatoms. The van der Waals surface area contributed by atoms with Gasteiger partial charge in [0.1, 0.15) is 4.90 Å². The SMILES string of the molecule is Nc1ccc(Br)c(S(=O)(=O)Nc2ccc(Br)c(Cl)c2Cl)c1. The number of hydrogen-bond acceptors (Lipinski definition) is 3. The normalized spacial score (nSPS) is 11.4. The first-order chi connectivity index (χ1) is 9.72. The van der Waals surface area contributed by atoms with Gasteiger partial charge in [-0.15, -0.1) is 0 Å².